The number of carbonyl (C=O) groups is 1. The lowest BCUT2D eigenvalue weighted by Crippen LogP contribution is -2.21. The van der Waals surface area contributed by atoms with Gasteiger partial charge in [0.2, 0.25) is 0 Å². The number of nitrogens with one attached hydrogen (secondary N) is 2. The second-order valence-corrected chi connectivity index (χ2v) is 8.84. The molecule has 0 aliphatic carbocycles. The molecule has 0 fully saturated rings. The summed E-state index contributed by atoms with van der Waals surface area (Å²) in [5.74, 6) is -0.219. The SMILES string of the molecule is NCCCNc1cc(-n2ccccc2=O)ccc1-n1cc(CNC(=O)c2ccc(Cl)s2)nn1. The number of pyridine rings is 1. The van der Waals surface area contributed by atoms with Crippen molar-refractivity contribution in [1.82, 2.24) is 24.9 Å². The molecule has 3 aromatic heterocycles. The zero-order valence-electron chi connectivity index (χ0n) is 17.6. The largest absolute Gasteiger partial charge is 0.383 e. The summed E-state index contributed by atoms with van der Waals surface area (Å²) in [7, 11) is 0. The lowest BCUT2D eigenvalue weighted by molar-refractivity contribution is 0.0954. The van der Waals surface area contributed by atoms with Crippen molar-refractivity contribution in [3.05, 3.63) is 86.2 Å². The molecule has 3 heterocycles. The van der Waals surface area contributed by atoms with Crippen molar-refractivity contribution in [1.29, 1.82) is 0 Å². The zero-order valence-corrected chi connectivity index (χ0v) is 19.1. The average molecular weight is 484 g/mol. The number of anilines is 1. The number of nitrogens with two attached hydrogens (primary N) is 1. The molecule has 1 aromatic carbocycles. The Morgan fingerprint density at radius 2 is 2.06 bits per heavy atom. The normalized spacial score (nSPS) is 10.8. The first kappa shape index (κ1) is 22.7. The Bertz CT molecular complexity index is 1310. The van der Waals surface area contributed by atoms with Crippen molar-refractivity contribution >= 4 is 34.5 Å². The van der Waals surface area contributed by atoms with Crippen molar-refractivity contribution in [2.75, 3.05) is 18.4 Å². The van der Waals surface area contributed by atoms with E-state index < -0.39 is 0 Å². The summed E-state index contributed by atoms with van der Waals surface area (Å²) in [4.78, 5) is 25.0. The molecule has 0 saturated carbocycles. The zero-order chi connectivity index (χ0) is 23.2. The maximum atomic E-state index is 12.2. The molecule has 0 aliphatic heterocycles. The van der Waals surface area contributed by atoms with Gasteiger partial charge < -0.3 is 16.4 Å². The van der Waals surface area contributed by atoms with Gasteiger partial charge in [0.15, 0.2) is 0 Å². The molecular weight excluding hydrogens is 462 g/mol. The van der Waals surface area contributed by atoms with Gasteiger partial charge in [-0.3, -0.25) is 14.2 Å². The molecule has 0 saturated heterocycles. The minimum atomic E-state index is -0.219. The monoisotopic (exact) mass is 483 g/mol. The number of hydrogen-bond donors (Lipinski definition) is 3. The van der Waals surface area contributed by atoms with Crippen molar-refractivity contribution < 1.29 is 4.79 Å². The van der Waals surface area contributed by atoms with Crippen molar-refractivity contribution in [2.45, 2.75) is 13.0 Å². The summed E-state index contributed by atoms with van der Waals surface area (Å²) in [5, 5.41) is 14.6. The van der Waals surface area contributed by atoms with Gasteiger partial charge >= 0.3 is 0 Å². The van der Waals surface area contributed by atoms with Crippen LogP contribution in [0.5, 0.6) is 0 Å². The molecular formula is C22H22ClN7O2S. The lowest BCUT2D eigenvalue weighted by Gasteiger charge is -2.14. The highest BCUT2D eigenvalue weighted by atomic mass is 35.5. The molecule has 11 heteroatoms. The summed E-state index contributed by atoms with van der Waals surface area (Å²) in [6.45, 7) is 1.45. The van der Waals surface area contributed by atoms with Gasteiger partial charge in [0, 0.05) is 18.8 Å². The Morgan fingerprint density at radius 3 is 2.82 bits per heavy atom. The molecule has 0 spiro atoms. The second-order valence-electron chi connectivity index (χ2n) is 7.12. The molecule has 0 aliphatic rings. The second kappa shape index (κ2) is 10.4. The number of amides is 1. The molecule has 33 heavy (non-hydrogen) atoms. The Morgan fingerprint density at radius 1 is 1.18 bits per heavy atom. The van der Waals surface area contributed by atoms with Gasteiger partial charge in [-0.05, 0) is 49.4 Å². The molecule has 0 unspecified atom stereocenters. The van der Waals surface area contributed by atoms with Crippen molar-refractivity contribution in [3.8, 4) is 11.4 Å². The van der Waals surface area contributed by atoms with Crippen LogP contribution in [0.3, 0.4) is 0 Å². The predicted molar refractivity (Wildman–Crippen MR) is 130 cm³/mol. The van der Waals surface area contributed by atoms with E-state index in [0.29, 0.717) is 28.0 Å². The first-order valence-corrected chi connectivity index (χ1v) is 11.5. The quantitative estimate of drug-likeness (QED) is 0.315. The Kier molecular flexibility index (Phi) is 7.18. The van der Waals surface area contributed by atoms with Crippen LogP contribution in [-0.4, -0.2) is 38.6 Å². The number of carbonyl (C=O) groups excluding carboxylic acids is 1. The molecule has 1 amide bonds. The summed E-state index contributed by atoms with van der Waals surface area (Å²) < 4.78 is 3.75. The van der Waals surface area contributed by atoms with Crippen LogP contribution in [0.15, 0.2) is 65.7 Å². The minimum absolute atomic E-state index is 0.121. The average Bonchev–Trinajstić information content (AvgIpc) is 3.47. The highest BCUT2D eigenvalue weighted by Crippen LogP contribution is 2.24. The molecule has 0 atom stereocenters. The standard InChI is InChI=1S/C22H22ClN7O2S/c23-20-8-7-19(33-20)22(32)26-13-15-14-30(28-27-15)18-6-5-16(12-17(18)25-10-3-9-24)29-11-2-1-4-21(29)31/h1-2,4-8,11-12,14,25H,3,9-10,13,24H2,(H,26,32). The van der Waals surface area contributed by atoms with E-state index >= 15 is 0 Å². The molecule has 4 rings (SSSR count). The van der Waals surface area contributed by atoms with Gasteiger partial charge in [-0.1, -0.05) is 22.9 Å². The topological polar surface area (TPSA) is 120 Å². The van der Waals surface area contributed by atoms with Crippen LogP contribution < -0.4 is 21.9 Å². The first-order chi connectivity index (χ1) is 16.0. The van der Waals surface area contributed by atoms with Crippen LogP contribution in [0.4, 0.5) is 5.69 Å². The number of hydrogen-bond acceptors (Lipinski definition) is 7. The van der Waals surface area contributed by atoms with E-state index in [4.69, 9.17) is 17.3 Å². The third kappa shape index (κ3) is 5.48. The Balaban J connectivity index is 1.56. The van der Waals surface area contributed by atoms with E-state index in [1.807, 2.05) is 18.2 Å². The van der Waals surface area contributed by atoms with E-state index in [9.17, 15) is 9.59 Å². The fourth-order valence-electron chi connectivity index (χ4n) is 3.17. The van der Waals surface area contributed by atoms with Crippen molar-refractivity contribution in [2.24, 2.45) is 5.73 Å². The van der Waals surface area contributed by atoms with Crippen LogP contribution in [0, 0.1) is 0 Å². The van der Waals surface area contributed by atoms with Gasteiger partial charge in [-0.2, -0.15) is 0 Å². The Hall–Kier alpha value is -3.47. The van der Waals surface area contributed by atoms with Gasteiger partial charge in [-0.15, -0.1) is 16.4 Å². The summed E-state index contributed by atoms with van der Waals surface area (Å²) in [5.41, 5.74) is 8.38. The molecule has 0 bridgehead atoms. The van der Waals surface area contributed by atoms with E-state index in [0.717, 1.165) is 23.5 Å². The fraction of sp³-hybridized carbons (Fsp3) is 0.182. The molecule has 4 N–H and O–H groups in total. The lowest BCUT2D eigenvalue weighted by atomic mass is 10.2. The van der Waals surface area contributed by atoms with Gasteiger partial charge in [0.25, 0.3) is 11.5 Å². The number of aromatic nitrogens is 4. The van der Waals surface area contributed by atoms with Gasteiger partial charge in [0.05, 0.1) is 39.0 Å². The number of nitrogens with zero attached hydrogens (tertiary/aromatic N) is 4. The third-order valence-corrected chi connectivity index (χ3v) is 6.02. The minimum Gasteiger partial charge on any atom is -0.383 e. The fourth-order valence-corrected chi connectivity index (χ4v) is 4.13. The van der Waals surface area contributed by atoms with Crippen LogP contribution in [-0.2, 0) is 6.54 Å². The molecule has 170 valence electrons. The van der Waals surface area contributed by atoms with E-state index in [1.165, 1.54) is 17.4 Å². The molecule has 9 nitrogen and oxygen atoms in total. The van der Waals surface area contributed by atoms with Crippen LogP contribution in [0.2, 0.25) is 4.34 Å². The summed E-state index contributed by atoms with van der Waals surface area (Å²) in [6.07, 6.45) is 4.26. The van der Waals surface area contributed by atoms with Gasteiger partial charge in [0.1, 0.15) is 5.69 Å². The van der Waals surface area contributed by atoms with Crippen LogP contribution in [0.25, 0.3) is 11.4 Å². The predicted octanol–water partition coefficient (Wildman–Crippen LogP) is 2.82. The van der Waals surface area contributed by atoms with E-state index in [-0.39, 0.29) is 18.0 Å². The van der Waals surface area contributed by atoms with Crippen LogP contribution >= 0.6 is 22.9 Å². The first-order valence-electron chi connectivity index (χ1n) is 10.3. The number of thiophene rings is 1. The maximum Gasteiger partial charge on any atom is 0.261 e. The highest BCUT2D eigenvalue weighted by molar-refractivity contribution is 7.17. The third-order valence-electron chi connectivity index (χ3n) is 4.79. The number of halogens is 1. The molecule has 4 aromatic rings. The highest BCUT2D eigenvalue weighted by Gasteiger charge is 2.12. The maximum absolute atomic E-state index is 12.2. The van der Waals surface area contributed by atoms with Crippen molar-refractivity contribution in [3.63, 3.8) is 0 Å². The number of benzene rings is 1. The summed E-state index contributed by atoms with van der Waals surface area (Å²) >= 11 is 7.11. The van der Waals surface area contributed by atoms with E-state index in [1.54, 1.807) is 45.9 Å². The summed E-state index contributed by atoms with van der Waals surface area (Å²) in [6, 6.07) is 14.0. The van der Waals surface area contributed by atoms with E-state index in [2.05, 4.69) is 20.9 Å². The van der Waals surface area contributed by atoms with Crippen LogP contribution in [0.1, 0.15) is 21.8 Å². The van der Waals surface area contributed by atoms with Gasteiger partial charge in [-0.25, -0.2) is 4.68 Å². The Labute approximate surface area is 198 Å². The smallest absolute Gasteiger partial charge is 0.261 e. The number of rotatable bonds is 9. The molecule has 0 radical (unpaired) electrons.